The van der Waals surface area contributed by atoms with Crippen molar-refractivity contribution in [2.45, 2.75) is 24.8 Å². The molecule has 0 aliphatic heterocycles. The predicted octanol–water partition coefficient (Wildman–Crippen LogP) is 2.28. The fourth-order valence-corrected chi connectivity index (χ4v) is 2.80. The van der Waals surface area contributed by atoms with E-state index < -0.39 is 32.2 Å². The van der Waals surface area contributed by atoms with Gasteiger partial charge in [0.05, 0.1) is 22.0 Å². The lowest BCUT2D eigenvalue weighted by Gasteiger charge is -2.11. The lowest BCUT2D eigenvalue weighted by molar-refractivity contribution is -0.385. The molecular formula is C14H15N3O6S. The lowest BCUT2D eigenvalue weighted by atomic mass is 10.3. The number of nitro groups is 1. The minimum absolute atomic E-state index is 0.0492. The highest BCUT2D eigenvalue weighted by atomic mass is 32.2. The van der Waals surface area contributed by atoms with E-state index in [0.717, 1.165) is 12.3 Å². The van der Waals surface area contributed by atoms with Gasteiger partial charge in [0.2, 0.25) is 0 Å². The number of nitrogens with one attached hydrogen (secondary N) is 1. The lowest BCUT2D eigenvalue weighted by Crippen LogP contribution is -2.14. The Hall–Kier alpha value is -2.88. The first-order chi connectivity index (χ1) is 11.2. The molecule has 9 nitrogen and oxygen atoms in total. The number of hydrogen-bond donors (Lipinski definition) is 2. The van der Waals surface area contributed by atoms with Crippen LogP contribution in [0.4, 0.5) is 11.5 Å². The largest absolute Gasteiger partial charge is 0.504 e. The molecule has 1 aromatic heterocycles. The van der Waals surface area contributed by atoms with Gasteiger partial charge >= 0.3 is 0 Å². The van der Waals surface area contributed by atoms with Gasteiger partial charge in [-0.05, 0) is 38.1 Å². The van der Waals surface area contributed by atoms with Crippen LogP contribution in [0.5, 0.6) is 11.5 Å². The Bertz CT molecular complexity index is 849. The van der Waals surface area contributed by atoms with Gasteiger partial charge in [-0.1, -0.05) is 0 Å². The van der Waals surface area contributed by atoms with E-state index in [4.69, 9.17) is 4.74 Å². The fourth-order valence-electron chi connectivity index (χ4n) is 1.78. The van der Waals surface area contributed by atoms with Gasteiger partial charge in [0.1, 0.15) is 11.9 Å². The molecule has 0 amide bonds. The molecular weight excluding hydrogens is 338 g/mol. The van der Waals surface area contributed by atoms with Crippen LogP contribution in [0, 0.1) is 10.1 Å². The normalized spacial score (nSPS) is 11.3. The van der Waals surface area contributed by atoms with Gasteiger partial charge in [-0.25, -0.2) is 13.4 Å². The summed E-state index contributed by atoms with van der Waals surface area (Å²) in [5.74, 6) is -0.532. The van der Waals surface area contributed by atoms with Gasteiger partial charge in [-0.3, -0.25) is 14.8 Å². The van der Waals surface area contributed by atoms with E-state index in [-0.39, 0.29) is 11.0 Å². The van der Waals surface area contributed by atoms with Crippen LogP contribution in [-0.2, 0) is 10.0 Å². The molecule has 0 spiro atoms. The summed E-state index contributed by atoms with van der Waals surface area (Å²) >= 11 is 0. The molecule has 2 aromatic rings. The van der Waals surface area contributed by atoms with Crippen LogP contribution in [0.2, 0.25) is 0 Å². The van der Waals surface area contributed by atoms with Crippen molar-refractivity contribution in [3.63, 3.8) is 0 Å². The number of anilines is 1. The molecule has 24 heavy (non-hydrogen) atoms. The Balaban J connectivity index is 2.23. The molecule has 0 bridgehead atoms. The molecule has 1 aromatic carbocycles. The van der Waals surface area contributed by atoms with Gasteiger partial charge in [0, 0.05) is 0 Å². The molecule has 0 atom stereocenters. The molecule has 0 fully saturated rings. The third kappa shape index (κ3) is 4.10. The summed E-state index contributed by atoms with van der Waals surface area (Å²) in [5.41, 5.74) is -0.453. The second-order valence-electron chi connectivity index (χ2n) is 5.06. The van der Waals surface area contributed by atoms with E-state index in [1.807, 2.05) is 13.8 Å². The quantitative estimate of drug-likeness (QED) is 0.601. The number of nitrogens with zero attached hydrogens (tertiary/aromatic N) is 2. The Morgan fingerprint density at radius 3 is 2.42 bits per heavy atom. The second kappa shape index (κ2) is 6.71. The third-order valence-corrected chi connectivity index (χ3v) is 4.16. The van der Waals surface area contributed by atoms with E-state index in [0.29, 0.717) is 5.75 Å². The number of rotatable bonds is 6. The summed E-state index contributed by atoms with van der Waals surface area (Å²) < 4.78 is 32.0. The maximum atomic E-state index is 12.3. The van der Waals surface area contributed by atoms with Crippen molar-refractivity contribution >= 4 is 21.5 Å². The van der Waals surface area contributed by atoms with Crippen LogP contribution in [0.3, 0.4) is 0 Å². The summed E-state index contributed by atoms with van der Waals surface area (Å²) in [6.07, 6.45) is 0.795. The molecule has 0 saturated heterocycles. The summed E-state index contributed by atoms with van der Waals surface area (Å²) in [7, 11) is -4.01. The van der Waals surface area contributed by atoms with Crippen molar-refractivity contribution in [3.05, 3.63) is 46.6 Å². The topological polar surface area (TPSA) is 132 Å². The zero-order chi connectivity index (χ0) is 17.9. The zero-order valence-electron chi connectivity index (χ0n) is 12.8. The Labute approximate surface area is 138 Å². The first-order valence-corrected chi connectivity index (χ1v) is 8.30. The van der Waals surface area contributed by atoms with Crippen LogP contribution >= 0.6 is 0 Å². The van der Waals surface area contributed by atoms with E-state index in [2.05, 4.69) is 9.71 Å². The van der Waals surface area contributed by atoms with Gasteiger partial charge < -0.3 is 9.84 Å². The average molecular weight is 353 g/mol. The number of hydrogen-bond acceptors (Lipinski definition) is 7. The Kier molecular flexibility index (Phi) is 4.88. The second-order valence-corrected chi connectivity index (χ2v) is 6.74. The monoisotopic (exact) mass is 353 g/mol. The van der Waals surface area contributed by atoms with Crippen LogP contribution < -0.4 is 9.46 Å². The van der Waals surface area contributed by atoms with E-state index in [9.17, 15) is 23.6 Å². The van der Waals surface area contributed by atoms with E-state index in [1.165, 1.54) is 24.3 Å². The van der Waals surface area contributed by atoms with Crippen molar-refractivity contribution in [3.8, 4) is 11.5 Å². The summed E-state index contributed by atoms with van der Waals surface area (Å²) in [6, 6.07) is 6.48. The SMILES string of the molecule is CC(C)Oc1ccc(S(=O)(=O)Nc2ncc([N+](=O)[O-])cc2O)cc1. The number of benzene rings is 1. The summed E-state index contributed by atoms with van der Waals surface area (Å²) in [6.45, 7) is 3.69. The van der Waals surface area contributed by atoms with Crippen LogP contribution in [-0.4, -0.2) is 29.5 Å². The molecule has 10 heteroatoms. The van der Waals surface area contributed by atoms with E-state index in [1.54, 1.807) is 0 Å². The highest BCUT2D eigenvalue weighted by Crippen LogP contribution is 2.27. The maximum Gasteiger partial charge on any atom is 0.291 e. The Morgan fingerprint density at radius 1 is 1.29 bits per heavy atom. The molecule has 2 N–H and O–H groups in total. The van der Waals surface area contributed by atoms with Gasteiger partial charge in [0.15, 0.2) is 11.6 Å². The highest BCUT2D eigenvalue weighted by molar-refractivity contribution is 7.92. The number of sulfonamides is 1. The molecule has 0 radical (unpaired) electrons. The number of pyridine rings is 1. The van der Waals surface area contributed by atoms with Crippen LogP contribution in [0.15, 0.2) is 41.4 Å². The van der Waals surface area contributed by atoms with Gasteiger partial charge in [-0.15, -0.1) is 0 Å². The van der Waals surface area contributed by atoms with E-state index >= 15 is 0 Å². The predicted molar refractivity (Wildman–Crippen MR) is 85.6 cm³/mol. The fraction of sp³-hybridized carbons (Fsp3) is 0.214. The molecule has 0 unspecified atom stereocenters. The average Bonchev–Trinajstić information content (AvgIpc) is 2.49. The van der Waals surface area contributed by atoms with Crippen molar-refractivity contribution in [1.82, 2.24) is 4.98 Å². The minimum Gasteiger partial charge on any atom is -0.504 e. The van der Waals surface area contributed by atoms with Gasteiger partial charge in [-0.2, -0.15) is 0 Å². The molecule has 128 valence electrons. The first-order valence-electron chi connectivity index (χ1n) is 6.82. The maximum absolute atomic E-state index is 12.3. The molecule has 0 aliphatic rings. The molecule has 2 rings (SSSR count). The number of aromatic nitrogens is 1. The number of ether oxygens (including phenoxy) is 1. The van der Waals surface area contributed by atoms with Crippen molar-refractivity contribution in [2.24, 2.45) is 0 Å². The minimum atomic E-state index is -4.01. The van der Waals surface area contributed by atoms with Crippen molar-refractivity contribution in [2.75, 3.05) is 4.72 Å². The van der Waals surface area contributed by atoms with Crippen molar-refractivity contribution in [1.29, 1.82) is 0 Å². The van der Waals surface area contributed by atoms with Crippen LogP contribution in [0.25, 0.3) is 0 Å². The molecule has 0 saturated carbocycles. The summed E-state index contributed by atoms with van der Waals surface area (Å²) in [5, 5.41) is 20.3. The van der Waals surface area contributed by atoms with Gasteiger partial charge in [0.25, 0.3) is 15.7 Å². The standard InChI is InChI=1S/C14H15N3O6S/c1-9(2)23-11-3-5-12(6-4-11)24(21,22)16-14-13(18)7-10(8-15-14)17(19)20/h3-9,18H,1-2H3,(H,15,16). The zero-order valence-corrected chi connectivity index (χ0v) is 13.6. The first kappa shape index (κ1) is 17.5. The Morgan fingerprint density at radius 2 is 1.92 bits per heavy atom. The van der Waals surface area contributed by atoms with Crippen LogP contribution in [0.1, 0.15) is 13.8 Å². The third-order valence-electron chi connectivity index (χ3n) is 2.80. The highest BCUT2D eigenvalue weighted by Gasteiger charge is 2.19. The smallest absolute Gasteiger partial charge is 0.291 e. The van der Waals surface area contributed by atoms with Crippen molar-refractivity contribution < 1.29 is 23.2 Å². The summed E-state index contributed by atoms with van der Waals surface area (Å²) in [4.78, 5) is 13.3. The molecule has 0 aliphatic carbocycles. The molecule has 1 heterocycles. The number of aromatic hydroxyl groups is 1.